The van der Waals surface area contributed by atoms with E-state index in [-0.39, 0.29) is 73.9 Å². The van der Waals surface area contributed by atoms with Gasteiger partial charge < -0.3 is 0 Å². The van der Waals surface area contributed by atoms with Crippen LogP contribution in [0.5, 0.6) is 0 Å². The molecule has 12 rings (SSSR count). The second-order valence-corrected chi connectivity index (χ2v) is 53.0. The summed E-state index contributed by atoms with van der Waals surface area (Å²) < 4.78 is 212. The summed E-state index contributed by atoms with van der Waals surface area (Å²) in [5, 5.41) is 12.0. The van der Waals surface area contributed by atoms with Crippen LogP contribution >= 0.6 is 0 Å². The fourth-order valence-corrected chi connectivity index (χ4v) is 42.8. The molecule has 6 aliphatic rings. The normalized spacial score (nSPS) is 17.3. The fraction of sp³-hybridized carbons (Fsp3) is 0.522. The van der Waals surface area contributed by atoms with E-state index in [1.165, 1.54) is 0 Å². The van der Waals surface area contributed by atoms with Crippen molar-refractivity contribution < 1.29 is 110 Å². The van der Waals surface area contributed by atoms with Gasteiger partial charge in [0.05, 0.1) is 13.0 Å². The molecule has 4 aromatic carbocycles. The maximum absolute atomic E-state index is 12.3. The van der Waals surface area contributed by atoms with Crippen LogP contribution in [-0.2, 0) is 73.1 Å². The number of hydroxylamine groups is 1. The van der Waals surface area contributed by atoms with Gasteiger partial charge >= 0.3 is 607 Å². The molecule has 8 heterocycles. The van der Waals surface area contributed by atoms with E-state index in [0.717, 1.165) is 43.8 Å². The van der Waals surface area contributed by atoms with Crippen molar-refractivity contribution in [3.8, 4) is 0 Å². The second kappa shape index (κ2) is 30.9. The summed E-state index contributed by atoms with van der Waals surface area (Å²) in [6, 6.07) is 32.6. The van der Waals surface area contributed by atoms with Gasteiger partial charge in [0.15, 0.2) is 0 Å². The maximum atomic E-state index is 12.3. The summed E-state index contributed by atoms with van der Waals surface area (Å²) in [7, 11) is -36.8. The molecule has 0 bridgehead atoms. The van der Waals surface area contributed by atoms with Crippen LogP contribution in [0.2, 0.25) is 38.3 Å². The summed E-state index contributed by atoms with van der Waals surface area (Å²) in [5.41, 5.74) is 5.52. The third-order valence-electron chi connectivity index (χ3n) is 22.0. The number of nitrogens with one attached hydrogen (secondary N) is 1. The van der Waals surface area contributed by atoms with Crippen LogP contribution in [0.15, 0.2) is 117 Å². The zero-order chi connectivity index (χ0) is 78.3. The van der Waals surface area contributed by atoms with Gasteiger partial charge in [-0.05, 0) is 0 Å². The first kappa shape index (κ1) is 82.1. The molecule has 0 saturated heterocycles. The topological polar surface area (TPSA) is 423 Å². The number of amides is 1. The Morgan fingerprint density at radius 3 is 1.10 bits per heavy atom. The molecule has 1 amide bonds. The van der Waals surface area contributed by atoms with E-state index in [1.54, 1.807) is 5.48 Å². The van der Waals surface area contributed by atoms with Crippen molar-refractivity contribution in [2.45, 2.75) is 122 Å². The second-order valence-electron chi connectivity index (χ2n) is 30.9. The monoisotopic (exact) mass is 1660 g/mol. The SMILES string of the molecule is C[Si](C)(CCC[N+](CCCCS(=O)(=O)O)(CCCCS(=O)(=O)O)CCCCS(=O)(=O)O)O[Si-2]123(O[Si](C)(C)CCC[N+](CCCCS(=O)(=O)O)(CCCCS(=O)(=O)O)CCOCCOCCC(=O)NO)n4c5c6ccccc6c4N=C4c6ccccc6C(=[N+]41)N=c1c4ccccc4c(n12)=NC1=[N+]3C(=N5)c2ccccc21. The van der Waals surface area contributed by atoms with Crippen LogP contribution < -0.4 is 16.5 Å². The number of carbonyl (C=O) groups excluding carboxylic acids is 1. The van der Waals surface area contributed by atoms with Crippen molar-refractivity contribution in [1.82, 2.24) is 13.9 Å². The Bertz CT molecular complexity index is 5170. The van der Waals surface area contributed by atoms with E-state index in [9.17, 15) is 77.9 Å². The van der Waals surface area contributed by atoms with Crippen LogP contribution in [0.25, 0.3) is 21.5 Å². The summed E-state index contributed by atoms with van der Waals surface area (Å²) >= 11 is 0. The van der Waals surface area contributed by atoms with Gasteiger partial charge in [-0.2, -0.15) is 0 Å². The molecule has 0 unspecified atom stereocenters. The molecule has 32 nitrogen and oxygen atoms in total. The molecule has 0 aliphatic carbocycles. The van der Waals surface area contributed by atoms with Gasteiger partial charge in [-0.25, -0.2) is 5.48 Å². The third kappa shape index (κ3) is 16.3. The minimum absolute atomic E-state index is 0.0190. The number of aliphatic imine (C=N–C) groups is 2. The van der Waals surface area contributed by atoms with E-state index in [4.69, 9.17) is 34.7 Å². The van der Waals surface area contributed by atoms with Gasteiger partial charge in [0, 0.05) is 0 Å². The molecular weight excluding hydrogens is 1560 g/mol. The molecule has 109 heavy (non-hydrogen) atoms. The number of hydrogen-bond donors (Lipinski definition) is 7. The standard InChI is InChI=1S/C69H97N11O21S5Si3/c1-107(2,51-23-39-79(34-13-18-46-102(83,84)85,35-14-19-47-103(86,87)88)36-15-20-48-104(89,90)91)100-109(101-108(3,4)52-24-40-80(37-16-21-49-105(92,93)94,38-17-22-50-106(95,96)97)41-43-99-45-44-98-42-33-61(81)74-82)75-62-53-25-5-6-26-54(53)63(75)71-65-57-29-9-10-30-58(57)67(77(65)109)73-69-60-32-12-11-31-59(60)68(78(69)109)72-66-56-28-8-7-27-55(56)64(70-62)76(66)109/h5-12,25-32H,13-24,33-52H2,1-4H3,(H5-2,70,71,72,73,74,81,82,83,84,85,86,87,88,89,90,91,92,93,94,95,96,97)/p+2. The van der Waals surface area contributed by atoms with Gasteiger partial charge in [0.1, 0.15) is 0 Å². The van der Waals surface area contributed by atoms with Crippen molar-refractivity contribution in [3.63, 3.8) is 0 Å². The first-order chi connectivity index (χ1) is 51.3. The number of nitrogens with zero attached hydrogens (tertiary/aromatic N) is 10. The Kier molecular flexibility index (Phi) is 23.2. The Hall–Kier alpha value is -6.37. The number of hydrogen-bond acceptors (Lipinski definition) is 20. The van der Waals surface area contributed by atoms with Crippen LogP contribution in [0.3, 0.4) is 0 Å². The number of benzene rings is 4. The quantitative estimate of drug-likeness (QED) is 0.00539. The van der Waals surface area contributed by atoms with Crippen LogP contribution in [0.1, 0.15) is 106 Å². The number of ether oxygens (including phenoxy) is 2. The summed E-state index contributed by atoms with van der Waals surface area (Å²) in [6.07, 6.45) is 2.73. The van der Waals surface area contributed by atoms with E-state index in [0.29, 0.717) is 155 Å². The number of fused-ring (bicyclic) bond motifs is 12. The summed E-state index contributed by atoms with van der Waals surface area (Å²) in [4.78, 5) is 35.2. The van der Waals surface area contributed by atoms with Crippen molar-refractivity contribution in [2.75, 3.05) is 108 Å². The minimum atomic E-state index is -7.44. The average molecular weight is 1660 g/mol. The number of aromatic nitrogens is 2. The van der Waals surface area contributed by atoms with Crippen LogP contribution in [-0.4, -0.2) is 257 Å². The average Bonchev–Trinajstić information content (AvgIpc) is 1.46. The Morgan fingerprint density at radius 2 is 0.743 bits per heavy atom. The molecule has 6 aliphatic heterocycles. The van der Waals surface area contributed by atoms with Crippen molar-refractivity contribution >= 4 is 137 Å². The predicted octanol–water partition coefficient (Wildman–Crippen LogP) is 6.45. The fourth-order valence-electron chi connectivity index (χ4n) is 17.8. The van der Waals surface area contributed by atoms with E-state index in [1.807, 2.05) is 97.1 Å². The number of carbonyl (C=O) groups is 1. The molecule has 596 valence electrons. The van der Waals surface area contributed by atoms with Gasteiger partial charge in [-0.1, -0.05) is 0 Å². The predicted molar refractivity (Wildman–Crippen MR) is 417 cm³/mol. The van der Waals surface area contributed by atoms with Gasteiger partial charge in [0.2, 0.25) is 5.91 Å². The molecule has 0 saturated carbocycles. The van der Waals surface area contributed by atoms with Gasteiger partial charge in [-0.15, -0.1) is 0 Å². The number of amidine groups is 4. The molecule has 0 atom stereocenters. The van der Waals surface area contributed by atoms with Crippen LogP contribution in [0, 0.1) is 0 Å². The molecule has 2 aromatic heterocycles. The van der Waals surface area contributed by atoms with Crippen molar-refractivity contribution in [1.29, 1.82) is 0 Å². The Labute approximate surface area is 636 Å². The number of unbranched alkanes of at least 4 members (excludes halogenated alkanes) is 5. The Balaban J connectivity index is 1.07. The van der Waals surface area contributed by atoms with Crippen molar-refractivity contribution in [2.24, 2.45) is 20.0 Å². The Morgan fingerprint density at radius 1 is 0.422 bits per heavy atom. The van der Waals surface area contributed by atoms with Gasteiger partial charge in [-0.3, -0.25) is 10.0 Å². The summed E-state index contributed by atoms with van der Waals surface area (Å²) in [6.45, 7) is 11.9. The van der Waals surface area contributed by atoms with E-state index >= 15 is 0 Å². The van der Waals surface area contributed by atoms with Gasteiger partial charge in [0.25, 0.3) is 0 Å². The molecule has 0 fully saturated rings. The van der Waals surface area contributed by atoms with Crippen molar-refractivity contribution in [3.05, 3.63) is 130 Å². The van der Waals surface area contributed by atoms with Crippen LogP contribution in [0.4, 0.5) is 11.6 Å². The molecule has 7 N–H and O–H groups in total. The molecule has 1 spiro atoms. The third-order valence-corrected chi connectivity index (χ3v) is 42.7. The number of rotatable bonds is 46. The number of quaternary nitrogens is 2. The molecular formula is C69H99N11O21S5Si3+2. The first-order valence-corrected chi connectivity index (χ1v) is 53.9. The molecule has 40 heteroatoms. The molecule has 6 aromatic rings. The molecule has 0 radical (unpaired) electrons. The van der Waals surface area contributed by atoms with E-state index in [2.05, 4.69) is 43.1 Å². The van der Waals surface area contributed by atoms with E-state index < -0.39 is 110 Å². The first-order valence-electron chi connectivity index (χ1n) is 37.0. The summed E-state index contributed by atoms with van der Waals surface area (Å²) in [5.74, 6) is -0.220. The zero-order valence-corrected chi connectivity index (χ0v) is 68.8. The zero-order valence-electron chi connectivity index (χ0n) is 61.7.